The van der Waals surface area contributed by atoms with E-state index >= 15 is 0 Å². The van der Waals surface area contributed by atoms with Crippen LogP contribution < -0.4 is 4.74 Å². The molecule has 1 aliphatic rings. The fraction of sp³-hybridized carbons (Fsp3) is 0.217. The topological polar surface area (TPSA) is 51.7 Å². The van der Waals surface area contributed by atoms with Gasteiger partial charge in [0.25, 0.3) is 0 Å². The maximum absolute atomic E-state index is 12.6. The molecule has 0 radical (unpaired) electrons. The molecule has 28 heavy (non-hydrogen) atoms. The molecule has 4 rings (SSSR count). The Bertz CT molecular complexity index is 942. The van der Waals surface area contributed by atoms with Gasteiger partial charge in [0.1, 0.15) is 18.1 Å². The highest BCUT2D eigenvalue weighted by atomic mass is 16.5. The van der Waals surface area contributed by atoms with Gasteiger partial charge in [-0.05, 0) is 36.2 Å². The number of para-hydroxylation sites is 1. The van der Waals surface area contributed by atoms with Crippen LogP contribution >= 0.6 is 0 Å². The molecular formula is C23H22N2O3. The Morgan fingerprint density at radius 1 is 1.07 bits per heavy atom. The van der Waals surface area contributed by atoms with Gasteiger partial charge in [0.15, 0.2) is 0 Å². The predicted octanol–water partition coefficient (Wildman–Crippen LogP) is 4.28. The smallest absolute Gasteiger partial charge is 0.249 e. The van der Waals surface area contributed by atoms with Gasteiger partial charge in [-0.15, -0.1) is 0 Å². The van der Waals surface area contributed by atoms with E-state index in [0.29, 0.717) is 18.9 Å². The van der Waals surface area contributed by atoms with Crippen LogP contribution in [0, 0.1) is 6.92 Å². The molecule has 1 saturated heterocycles. The lowest BCUT2D eigenvalue weighted by molar-refractivity contribution is -0.149. The molecule has 2 aromatic carbocycles. The van der Waals surface area contributed by atoms with E-state index < -0.39 is 0 Å². The van der Waals surface area contributed by atoms with Crippen LogP contribution in [0.2, 0.25) is 0 Å². The summed E-state index contributed by atoms with van der Waals surface area (Å²) >= 11 is 0. The van der Waals surface area contributed by atoms with Gasteiger partial charge >= 0.3 is 0 Å². The quantitative estimate of drug-likeness (QED) is 0.669. The minimum atomic E-state index is -0.200. The molecule has 0 bridgehead atoms. The first-order valence-corrected chi connectivity index (χ1v) is 9.29. The molecule has 2 heterocycles. The van der Waals surface area contributed by atoms with Crippen molar-refractivity contribution in [1.82, 2.24) is 9.88 Å². The molecule has 5 nitrogen and oxygen atoms in total. The molecule has 3 aromatic rings. The number of pyridine rings is 1. The van der Waals surface area contributed by atoms with E-state index in [-0.39, 0.29) is 18.6 Å². The summed E-state index contributed by atoms with van der Waals surface area (Å²) in [7, 11) is 0. The van der Waals surface area contributed by atoms with Crippen molar-refractivity contribution in [3.63, 3.8) is 0 Å². The maximum atomic E-state index is 12.6. The average molecular weight is 374 g/mol. The summed E-state index contributed by atoms with van der Waals surface area (Å²) in [5.74, 6) is 1.36. The van der Waals surface area contributed by atoms with Crippen LogP contribution in [0.4, 0.5) is 0 Å². The summed E-state index contributed by atoms with van der Waals surface area (Å²) < 4.78 is 11.4. The number of carbonyl (C=O) groups excluding carboxylic acids is 1. The van der Waals surface area contributed by atoms with Crippen LogP contribution in [0.5, 0.6) is 11.5 Å². The average Bonchev–Trinajstić information content (AvgIpc) is 2.72. The lowest BCUT2D eigenvalue weighted by Crippen LogP contribution is -2.43. The second-order valence-electron chi connectivity index (χ2n) is 6.91. The van der Waals surface area contributed by atoms with Crippen molar-refractivity contribution in [2.24, 2.45) is 0 Å². The molecule has 1 fully saturated rings. The fourth-order valence-electron chi connectivity index (χ4n) is 3.27. The number of hydrogen-bond donors (Lipinski definition) is 0. The van der Waals surface area contributed by atoms with Gasteiger partial charge in [-0.3, -0.25) is 9.78 Å². The molecule has 0 saturated carbocycles. The minimum absolute atomic E-state index is 0.0220. The molecule has 0 N–H and O–H groups in total. The van der Waals surface area contributed by atoms with Gasteiger partial charge < -0.3 is 14.4 Å². The van der Waals surface area contributed by atoms with Crippen molar-refractivity contribution < 1.29 is 14.3 Å². The Morgan fingerprint density at radius 3 is 2.64 bits per heavy atom. The maximum Gasteiger partial charge on any atom is 0.249 e. The third kappa shape index (κ3) is 4.21. The zero-order valence-electron chi connectivity index (χ0n) is 15.7. The molecule has 1 aliphatic heterocycles. The highest BCUT2D eigenvalue weighted by Crippen LogP contribution is 2.29. The number of benzene rings is 2. The lowest BCUT2D eigenvalue weighted by atomic mass is 10.0. The Labute approximate surface area is 164 Å². The van der Waals surface area contributed by atoms with E-state index in [2.05, 4.69) is 36.2 Å². The van der Waals surface area contributed by atoms with Gasteiger partial charge in [0.05, 0.1) is 18.8 Å². The van der Waals surface area contributed by atoms with Gasteiger partial charge in [0.2, 0.25) is 5.91 Å². The summed E-state index contributed by atoms with van der Waals surface area (Å²) in [6.07, 6.45) is 3.44. The number of amides is 1. The van der Waals surface area contributed by atoms with E-state index in [1.807, 2.05) is 41.3 Å². The monoisotopic (exact) mass is 374 g/mol. The normalized spacial score (nSPS) is 16.8. The van der Waals surface area contributed by atoms with Crippen LogP contribution in [-0.4, -0.2) is 29.0 Å². The minimum Gasteiger partial charge on any atom is -0.456 e. The second kappa shape index (κ2) is 8.23. The van der Waals surface area contributed by atoms with Gasteiger partial charge in [0, 0.05) is 12.7 Å². The fourth-order valence-corrected chi connectivity index (χ4v) is 3.27. The van der Waals surface area contributed by atoms with Crippen molar-refractivity contribution in [1.29, 1.82) is 0 Å². The summed E-state index contributed by atoms with van der Waals surface area (Å²) in [5, 5.41) is 0. The zero-order chi connectivity index (χ0) is 19.3. The van der Waals surface area contributed by atoms with Crippen LogP contribution in [0.15, 0.2) is 73.1 Å². The van der Waals surface area contributed by atoms with Crippen molar-refractivity contribution >= 4 is 5.91 Å². The van der Waals surface area contributed by atoms with E-state index in [1.165, 1.54) is 5.56 Å². The van der Waals surface area contributed by atoms with Crippen LogP contribution in [0.1, 0.15) is 22.7 Å². The number of rotatable bonds is 5. The summed E-state index contributed by atoms with van der Waals surface area (Å²) in [6, 6.07) is 19.5. The first kappa shape index (κ1) is 18.2. The highest BCUT2D eigenvalue weighted by Gasteiger charge is 2.30. The Hall–Kier alpha value is -3.18. The van der Waals surface area contributed by atoms with Gasteiger partial charge in [-0.25, -0.2) is 0 Å². The molecule has 1 atom stereocenters. The molecule has 142 valence electrons. The SMILES string of the molecule is Cc1ccc(CN2C(=O)COCC2c2cncc(Oc3ccccc3)c2)cc1. The van der Waals surface area contributed by atoms with Crippen LogP contribution in [0.25, 0.3) is 0 Å². The zero-order valence-corrected chi connectivity index (χ0v) is 15.7. The lowest BCUT2D eigenvalue weighted by Gasteiger charge is -2.35. The molecule has 1 amide bonds. The van der Waals surface area contributed by atoms with E-state index in [0.717, 1.165) is 16.9 Å². The number of aromatic nitrogens is 1. The largest absolute Gasteiger partial charge is 0.456 e. The third-order valence-corrected chi connectivity index (χ3v) is 4.77. The molecule has 0 aliphatic carbocycles. The number of nitrogens with zero attached hydrogens (tertiary/aromatic N) is 2. The van der Waals surface area contributed by atoms with Gasteiger partial charge in [-0.1, -0.05) is 48.0 Å². The van der Waals surface area contributed by atoms with Crippen molar-refractivity contribution in [2.45, 2.75) is 19.5 Å². The molecular weight excluding hydrogens is 352 g/mol. The Balaban J connectivity index is 1.57. The van der Waals surface area contributed by atoms with E-state index in [1.54, 1.807) is 12.4 Å². The number of morpholine rings is 1. The molecule has 1 unspecified atom stereocenters. The van der Waals surface area contributed by atoms with Crippen molar-refractivity contribution in [3.8, 4) is 11.5 Å². The first-order chi connectivity index (χ1) is 13.7. The Morgan fingerprint density at radius 2 is 1.86 bits per heavy atom. The van der Waals surface area contributed by atoms with E-state index in [9.17, 15) is 4.79 Å². The predicted molar refractivity (Wildman–Crippen MR) is 106 cm³/mol. The summed E-state index contributed by atoms with van der Waals surface area (Å²) in [5.41, 5.74) is 3.19. The second-order valence-corrected chi connectivity index (χ2v) is 6.91. The number of aryl methyl sites for hydroxylation is 1. The summed E-state index contributed by atoms with van der Waals surface area (Å²) in [4.78, 5) is 18.7. The molecule has 0 spiro atoms. The van der Waals surface area contributed by atoms with Crippen LogP contribution in [-0.2, 0) is 16.1 Å². The summed E-state index contributed by atoms with van der Waals surface area (Å²) in [6.45, 7) is 3.14. The van der Waals surface area contributed by atoms with Crippen molar-refractivity contribution in [2.75, 3.05) is 13.2 Å². The first-order valence-electron chi connectivity index (χ1n) is 9.29. The van der Waals surface area contributed by atoms with Crippen LogP contribution in [0.3, 0.4) is 0 Å². The Kier molecular flexibility index (Phi) is 5.35. The third-order valence-electron chi connectivity index (χ3n) is 4.77. The molecule has 1 aromatic heterocycles. The number of hydrogen-bond acceptors (Lipinski definition) is 4. The van der Waals surface area contributed by atoms with Gasteiger partial charge in [-0.2, -0.15) is 0 Å². The number of carbonyl (C=O) groups is 1. The highest BCUT2D eigenvalue weighted by molar-refractivity contribution is 5.78. The standard InChI is InChI=1S/C23H22N2O3/c1-17-7-9-18(10-8-17)14-25-22(15-27-16-23(25)26)19-11-21(13-24-12-19)28-20-5-3-2-4-6-20/h2-13,22H,14-16H2,1H3. The van der Waals surface area contributed by atoms with Crippen molar-refractivity contribution in [3.05, 3.63) is 89.7 Å². The van der Waals surface area contributed by atoms with E-state index in [4.69, 9.17) is 9.47 Å². The number of ether oxygens (including phenoxy) is 2. The molecule has 5 heteroatoms.